The van der Waals surface area contributed by atoms with Crippen LogP contribution in [0.25, 0.3) is 0 Å². The molecule has 1 aromatic carbocycles. The second kappa shape index (κ2) is 5.27. The van der Waals surface area contributed by atoms with E-state index in [2.05, 4.69) is 20.9 Å². The molecule has 0 aliphatic carbocycles. The lowest BCUT2D eigenvalue weighted by atomic mass is 10.3. The van der Waals surface area contributed by atoms with Gasteiger partial charge in [0.1, 0.15) is 5.03 Å². The van der Waals surface area contributed by atoms with Crippen LogP contribution in [-0.4, -0.2) is 11.3 Å². The van der Waals surface area contributed by atoms with Gasteiger partial charge in [0.05, 0.1) is 0 Å². The largest absolute Gasteiger partial charge is 0.298 e. The molecule has 0 aliphatic heterocycles. The first kappa shape index (κ1) is 11.4. The van der Waals surface area contributed by atoms with E-state index in [1.54, 1.807) is 18.3 Å². The zero-order valence-electron chi connectivity index (χ0n) is 8.26. The first-order chi connectivity index (χ1) is 7.79. The fourth-order valence-electron chi connectivity index (χ4n) is 1.22. The van der Waals surface area contributed by atoms with E-state index in [1.165, 1.54) is 11.8 Å². The number of benzene rings is 1. The monoisotopic (exact) mass is 293 g/mol. The van der Waals surface area contributed by atoms with Gasteiger partial charge in [-0.25, -0.2) is 4.98 Å². The van der Waals surface area contributed by atoms with Gasteiger partial charge in [-0.1, -0.05) is 33.8 Å². The molecule has 0 fully saturated rings. The molecule has 0 bridgehead atoms. The highest BCUT2D eigenvalue weighted by Crippen LogP contribution is 2.29. The molecule has 0 spiro atoms. The van der Waals surface area contributed by atoms with Crippen molar-refractivity contribution in [2.24, 2.45) is 0 Å². The van der Waals surface area contributed by atoms with Crippen LogP contribution in [-0.2, 0) is 0 Å². The molecule has 2 nitrogen and oxygen atoms in total. The Balaban J connectivity index is 2.30. The van der Waals surface area contributed by atoms with E-state index < -0.39 is 0 Å². The predicted molar refractivity (Wildman–Crippen MR) is 67.9 cm³/mol. The third kappa shape index (κ3) is 2.71. The maximum Gasteiger partial charge on any atom is 0.152 e. The summed E-state index contributed by atoms with van der Waals surface area (Å²) in [5.41, 5.74) is 0.618. The van der Waals surface area contributed by atoms with Gasteiger partial charge < -0.3 is 0 Å². The van der Waals surface area contributed by atoms with E-state index in [9.17, 15) is 4.79 Å². The minimum Gasteiger partial charge on any atom is -0.298 e. The summed E-state index contributed by atoms with van der Waals surface area (Å²) in [7, 11) is 0. The van der Waals surface area contributed by atoms with Crippen LogP contribution < -0.4 is 0 Å². The molecule has 1 aromatic heterocycles. The Morgan fingerprint density at radius 3 is 2.88 bits per heavy atom. The van der Waals surface area contributed by atoms with Gasteiger partial charge in [0.2, 0.25) is 0 Å². The van der Waals surface area contributed by atoms with Crippen molar-refractivity contribution in [3.05, 3.63) is 52.6 Å². The van der Waals surface area contributed by atoms with Gasteiger partial charge in [-0.2, -0.15) is 0 Å². The maximum atomic E-state index is 10.8. The van der Waals surface area contributed by atoms with E-state index in [1.807, 2.05) is 24.3 Å². The summed E-state index contributed by atoms with van der Waals surface area (Å²) < 4.78 is 1.01. The number of hydrogen-bond acceptors (Lipinski definition) is 3. The van der Waals surface area contributed by atoms with Gasteiger partial charge in [0, 0.05) is 21.1 Å². The summed E-state index contributed by atoms with van der Waals surface area (Å²) >= 11 is 4.89. The van der Waals surface area contributed by atoms with Crippen LogP contribution in [0.1, 0.15) is 10.4 Å². The van der Waals surface area contributed by atoms with Crippen LogP contribution in [0, 0.1) is 0 Å². The summed E-state index contributed by atoms with van der Waals surface area (Å²) in [6.07, 6.45) is 2.51. The normalized spacial score (nSPS) is 10.1. The van der Waals surface area contributed by atoms with Crippen molar-refractivity contribution < 1.29 is 4.79 Å². The number of carbonyl (C=O) groups excluding carboxylic acids is 1. The molecule has 4 heteroatoms. The first-order valence-electron chi connectivity index (χ1n) is 4.63. The van der Waals surface area contributed by atoms with Crippen molar-refractivity contribution in [3.8, 4) is 0 Å². The lowest BCUT2D eigenvalue weighted by Crippen LogP contribution is -1.88. The number of rotatable bonds is 3. The minimum atomic E-state index is 0.618. The molecular weight excluding hydrogens is 286 g/mol. The van der Waals surface area contributed by atoms with Gasteiger partial charge in [-0.3, -0.25) is 4.79 Å². The van der Waals surface area contributed by atoms with Crippen LogP contribution in [0.4, 0.5) is 0 Å². The number of carbonyl (C=O) groups is 1. The highest BCUT2D eigenvalue weighted by Gasteiger charge is 2.04. The van der Waals surface area contributed by atoms with Crippen molar-refractivity contribution in [2.75, 3.05) is 0 Å². The van der Waals surface area contributed by atoms with Crippen LogP contribution >= 0.6 is 27.7 Å². The van der Waals surface area contributed by atoms with Crippen LogP contribution in [0.5, 0.6) is 0 Å². The summed E-state index contributed by atoms with van der Waals surface area (Å²) in [5, 5.41) is 0.732. The molecule has 0 unspecified atom stereocenters. The van der Waals surface area contributed by atoms with Gasteiger partial charge in [-0.15, -0.1) is 0 Å². The number of hydrogen-bond donors (Lipinski definition) is 0. The number of nitrogens with zero attached hydrogens (tertiary/aromatic N) is 1. The van der Waals surface area contributed by atoms with Gasteiger partial charge in [0.25, 0.3) is 0 Å². The molecule has 0 N–H and O–H groups in total. The molecule has 1 heterocycles. The zero-order valence-corrected chi connectivity index (χ0v) is 10.7. The highest BCUT2D eigenvalue weighted by atomic mass is 79.9. The van der Waals surface area contributed by atoms with Crippen molar-refractivity contribution in [3.63, 3.8) is 0 Å². The molecule has 0 amide bonds. The lowest BCUT2D eigenvalue weighted by molar-refractivity contribution is 0.112. The predicted octanol–water partition coefficient (Wildman–Crippen LogP) is 3.81. The number of pyridine rings is 1. The molecule has 2 aromatic rings. The van der Waals surface area contributed by atoms with Crippen molar-refractivity contribution in [1.82, 2.24) is 4.98 Å². The average Bonchev–Trinajstić information content (AvgIpc) is 2.30. The van der Waals surface area contributed by atoms with E-state index in [4.69, 9.17) is 0 Å². The first-order valence-corrected chi connectivity index (χ1v) is 6.24. The Bertz CT molecular complexity index is 516. The number of aldehydes is 1. The van der Waals surface area contributed by atoms with Crippen molar-refractivity contribution in [2.45, 2.75) is 9.92 Å². The lowest BCUT2D eigenvalue weighted by Gasteiger charge is -2.03. The fraction of sp³-hybridized carbons (Fsp3) is 0. The standard InChI is InChI=1S/C12H8BrNOS/c13-10-4-1-5-11(7-10)16-12-9(8-15)3-2-6-14-12/h1-8H. The van der Waals surface area contributed by atoms with E-state index >= 15 is 0 Å². The Morgan fingerprint density at radius 2 is 2.12 bits per heavy atom. The summed E-state index contributed by atoms with van der Waals surface area (Å²) in [6.45, 7) is 0. The summed E-state index contributed by atoms with van der Waals surface area (Å²) in [6, 6.07) is 11.4. The smallest absolute Gasteiger partial charge is 0.152 e. The molecule has 0 radical (unpaired) electrons. The van der Waals surface area contributed by atoms with E-state index in [-0.39, 0.29) is 0 Å². The molecule has 2 rings (SSSR count). The molecule has 16 heavy (non-hydrogen) atoms. The van der Waals surface area contributed by atoms with Crippen LogP contribution in [0.2, 0.25) is 0 Å². The van der Waals surface area contributed by atoms with Gasteiger partial charge in [0.15, 0.2) is 6.29 Å². The average molecular weight is 294 g/mol. The third-order valence-corrected chi connectivity index (χ3v) is 3.46. The molecule has 0 atom stereocenters. The van der Waals surface area contributed by atoms with E-state index in [0.29, 0.717) is 5.56 Å². The Hall–Kier alpha value is -1.13. The van der Waals surface area contributed by atoms with Crippen molar-refractivity contribution >= 4 is 34.0 Å². The highest BCUT2D eigenvalue weighted by molar-refractivity contribution is 9.10. The third-order valence-electron chi connectivity index (χ3n) is 1.94. The topological polar surface area (TPSA) is 30.0 Å². The molecule has 80 valence electrons. The molecule has 0 saturated heterocycles. The van der Waals surface area contributed by atoms with Gasteiger partial charge in [-0.05, 0) is 30.3 Å². The zero-order chi connectivity index (χ0) is 11.4. The van der Waals surface area contributed by atoms with E-state index in [0.717, 1.165) is 20.7 Å². The van der Waals surface area contributed by atoms with Gasteiger partial charge >= 0.3 is 0 Å². The second-order valence-corrected chi connectivity index (χ2v) is 5.05. The molecular formula is C12H8BrNOS. The molecule has 0 saturated carbocycles. The number of aromatic nitrogens is 1. The SMILES string of the molecule is O=Cc1cccnc1Sc1cccc(Br)c1. The Kier molecular flexibility index (Phi) is 3.74. The Morgan fingerprint density at radius 1 is 1.25 bits per heavy atom. The second-order valence-electron chi connectivity index (χ2n) is 3.08. The number of halogens is 1. The Labute approximate surface area is 106 Å². The van der Waals surface area contributed by atoms with Crippen LogP contribution in [0.15, 0.2) is 57.0 Å². The summed E-state index contributed by atoms with van der Waals surface area (Å²) in [4.78, 5) is 16.1. The van der Waals surface area contributed by atoms with Crippen molar-refractivity contribution in [1.29, 1.82) is 0 Å². The molecule has 0 aliphatic rings. The fourth-order valence-corrected chi connectivity index (χ4v) is 2.67. The summed E-state index contributed by atoms with van der Waals surface area (Å²) in [5.74, 6) is 0. The maximum absolute atomic E-state index is 10.8. The minimum absolute atomic E-state index is 0.618. The quantitative estimate of drug-likeness (QED) is 0.806. The van der Waals surface area contributed by atoms with Crippen LogP contribution in [0.3, 0.4) is 0 Å².